The normalized spacial score (nSPS) is 10.7. The smallest absolute Gasteiger partial charge is 0.0950 e. The molecule has 96 valence electrons. The number of nitrogens with zero attached hydrogens (tertiary/aromatic N) is 2. The van der Waals surface area contributed by atoms with Gasteiger partial charge in [-0.2, -0.15) is 22.0 Å². The number of nitrogens with one attached hydrogen (secondary N) is 1. The van der Waals surface area contributed by atoms with Gasteiger partial charge in [0.15, 0.2) is 0 Å². The van der Waals surface area contributed by atoms with Crippen molar-refractivity contribution in [2.75, 3.05) is 23.9 Å². The Morgan fingerprint density at radius 3 is 2.94 bits per heavy atom. The van der Waals surface area contributed by atoms with Gasteiger partial charge in [-0.25, -0.2) is 0 Å². The third-order valence-corrected chi connectivity index (χ3v) is 3.58. The quantitative estimate of drug-likeness (QED) is 0.773. The fourth-order valence-electron chi connectivity index (χ4n) is 1.92. The van der Waals surface area contributed by atoms with Crippen molar-refractivity contribution in [3.63, 3.8) is 0 Å². The zero-order valence-corrected chi connectivity index (χ0v) is 11.5. The van der Waals surface area contributed by atoms with E-state index in [0.717, 1.165) is 23.1 Å². The van der Waals surface area contributed by atoms with Crippen LogP contribution in [0.3, 0.4) is 0 Å². The van der Waals surface area contributed by atoms with Crippen molar-refractivity contribution >= 4 is 28.4 Å². The molecule has 1 aromatic heterocycles. The zero-order valence-electron chi connectivity index (χ0n) is 10.7. The molecule has 0 atom stereocenters. The lowest BCUT2D eigenvalue weighted by Crippen LogP contribution is -2.03. The Kier molecular flexibility index (Phi) is 5.27. The molecule has 3 nitrogen and oxygen atoms in total. The van der Waals surface area contributed by atoms with Gasteiger partial charge in [0.2, 0.25) is 0 Å². The molecule has 0 saturated carbocycles. The molecule has 0 bridgehead atoms. The average molecular weight is 261 g/mol. The molecule has 0 aliphatic rings. The third-order valence-electron chi connectivity index (χ3n) is 2.89. The van der Waals surface area contributed by atoms with Gasteiger partial charge < -0.3 is 5.32 Å². The number of hydrogen-bond donors (Lipinski definition) is 1. The molecule has 0 aliphatic carbocycles. The number of fused-ring (bicyclic) bond motifs is 1. The topological polar surface area (TPSA) is 37.8 Å². The first-order valence-electron chi connectivity index (χ1n) is 6.35. The highest BCUT2D eigenvalue weighted by molar-refractivity contribution is 7.98. The first-order chi connectivity index (χ1) is 8.92. The third kappa shape index (κ3) is 3.60. The molecule has 0 spiro atoms. The Balaban J connectivity index is 1.88. The van der Waals surface area contributed by atoms with E-state index in [-0.39, 0.29) is 0 Å². The summed E-state index contributed by atoms with van der Waals surface area (Å²) in [4.78, 5) is 0. The van der Waals surface area contributed by atoms with Crippen LogP contribution in [0.1, 0.15) is 19.3 Å². The standard InChI is InChI=1S/C14H19N3S/c1-18-10-6-2-5-9-15-14-11-16-17-13-8-4-3-7-12(13)14/h3-4,7-8,11H,2,5-6,9-10H2,1H3,(H,15,17). The predicted octanol–water partition coefficient (Wildman–Crippen LogP) is 3.58. The van der Waals surface area contributed by atoms with Crippen LogP contribution in [-0.2, 0) is 0 Å². The lowest BCUT2D eigenvalue weighted by molar-refractivity contribution is 0.750. The highest BCUT2D eigenvalue weighted by Gasteiger charge is 2.00. The molecule has 18 heavy (non-hydrogen) atoms. The summed E-state index contributed by atoms with van der Waals surface area (Å²) < 4.78 is 0. The van der Waals surface area contributed by atoms with Crippen molar-refractivity contribution in [2.24, 2.45) is 0 Å². The van der Waals surface area contributed by atoms with Crippen LogP contribution in [0, 0.1) is 0 Å². The van der Waals surface area contributed by atoms with E-state index < -0.39 is 0 Å². The molecule has 4 heteroatoms. The summed E-state index contributed by atoms with van der Waals surface area (Å²) in [5.74, 6) is 1.26. The molecule has 0 unspecified atom stereocenters. The number of rotatable bonds is 7. The van der Waals surface area contributed by atoms with Crippen molar-refractivity contribution < 1.29 is 0 Å². The Bertz CT molecular complexity index is 482. The molecule has 0 amide bonds. The van der Waals surface area contributed by atoms with Crippen LogP contribution >= 0.6 is 11.8 Å². The van der Waals surface area contributed by atoms with Crippen LogP contribution in [0.5, 0.6) is 0 Å². The second-order valence-corrected chi connectivity index (χ2v) is 5.24. The summed E-state index contributed by atoms with van der Waals surface area (Å²) in [6, 6.07) is 8.10. The SMILES string of the molecule is CSCCCCCNc1cnnc2ccccc12. The minimum absolute atomic E-state index is 0.949. The van der Waals surface area contributed by atoms with E-state index in [4.69, 9.17) is 0 Å². The van der Waals surface area contributed by atoms with Crippen LogP contribution < -0.4 is 5.32 Å². The molecule has 0 radical (unpaired) electrons. The fourth-order valence-corrected chi connectivity index (χ4v) is 2.41. The molecule has 0 aliphatic heterocycles. The number of anilines is 1. The minimum atomic E-state index is 0.949. The average Bonchev–Trinajstić information content (AvgIpc) is 2.43. The van der Waals surface area contributed by atoms with Gasteiger partial charge in [-0.05, 0) is 30.9 Å². The summed E-state index contributed by atoms with van der Waals surface area (Å²) in [6.45, 7) is 1.00. The Hall–Kier alpha value is -1.29. The summed E-state index contributed by atoms with van der Waals surface area (Å²) in [7, 11) is 0. The fraction of sp³-hybridized carbons (Fsp3) is 0.429. The van der Waals surface area contributed by atoms with Crippen LogP contribution in [0.15, 0.2) is 30.5 Å². The van der Waals surface area contributed by atoms with Gasteiger partial charge in [0.25, 0.3) is 0 Å². The maximum atomic E-state index is 4.12. The molecule has 1 N–H and O–H groups in total. The van der Waals surface area contributed by atoms with Crippen LogP contribution in [0.4, 0.5) is 5.69 Å². The maximum absolute atomic E-state index is 4.12. The minimum Gasteiger partial charge on any atom is -0.383 e. The van der Waals surface area contributed by atoms with Crippen LogP contribution in [0.25, 0.3) is 10.9 Å². The lowest BCUT2D eigenvalue weighted by atomic mass is 10.2. The Labute approximate surface area is 112 Å². The molecule has 2 rings (SSSR count). The van der Waals surface area contributed by atoms with Crippen molar-refractivity contribution in [1.82, 2.24) is 10.2 Å². The molecule has 2 aromatic rings. The highest BCUT2D eigenvalue weighted by atomic mass is 32.2. The van der Waals surface area contributed by atoms with Crippen molar-refractivity contribution in [1.29, 1.82) is 0 Å². The van der Waals surface area contributed by atoms with Crippen LogP contribution in [-0.4, -0.2) is 28.8 Å². The van der Waals surface area contributed by atoms with Crippen molar-refractivity contribution in [3.8, 4) is 0 Å². The van der Waals surface area contributed by atoms with Gasteiger partial charge in [-0.3, -0.25) is 0 Å². The summed E-state index contributed by atoms with van der Waals surface area (Å²) in [5.41, 5.74) is 2.04. The number of unbranched alkanes of at least 4 members (excludes halogenated alkanes) is 2. The highest BCUT2D eigenvalue weighted by Crippen LogP contribution is 2.19. The summed E-state index contributed by atoms with van der Waals surface area (Å²) in [6.07, 6.45) is 7.76. The number of benzene rings is 1. The number of aromatic nitrogens is 2. The second-order valence-electron chi connectivity index (χ2n) is 4.26. The van der Waals surface area contributed by atoms with E-state index in [9.17, 15) is 0 Å². The van der Waals surface area contributed by atoms with E-state index in [1.807, 2.05) is 36.2 Å². The van der Waals surface area contributed by atoms with Crippen molar-refractivity contribution in [3.05, 3.63) is 30.5 Å². The second kappa shape index (κ2) is 7.21. The van der Waals surface area contributed by atoms with Gasteiger partial charge in [-0.1, -0.05) is 24.6 Å². The molecular weight excluding hydrogens is 242 g/mol. The Morgan fingerprint density at radius 1 is 1.17 bits per heavy atom. The van der Waals surface area contributed by atoms with Gasteiger partial charge in [0.05, 0.1) is 17.4 Å². The van der Waals surface area contributed by atoms with E-state index in [1.54, 1.807) is 0 Å². The van der Waals surface area contributed by atoms with Gasteiger partial charge in [0.1, 0.15) is 0 Å². The first-order valence-corrected chi connectivity index (χ1v) is 7.74. The van der Waals surface area contributed by atoms with Crippen LogP contribution in [0.2, 0.25) is 0 Å². The molecule has 1 aromatic carbocycles. The monoisotopic (exact) mass is 261 g/mol. The lowest BCUT2D eigenvalue weighted by Gasteiger charge is -2.08. The molecule has 0 saturated heterocycles. The summed E-state index contributed by atoms with van der Waals surface area (Å²) >= 11 is 1.92. The molecule has 1 heterocycles. The number of thioether (sulfide) groups is 1. The van der Waals surface area contributed by atoms with E-state index in [2.05, 4.69) is 27.8 Å². The van der Waals surface area contributed by atoms with E-state index in [0.29, 0.717) is 0 Å². The van der Waals surface area contributed by atoms with E-state index in [1.165, 1.54) is 25.0 Å². The van der Waals surface area contributed by atoms with Gasteiger partial charge in [-0.15, -0.1) is 0 Å². The first kappa shape index (κ1) is 13.1. The maximum Gasteiger partial charge on any atom is 0.0950 e. The Morgan fingerprint density at radius 2 is 2.06 bits per heavy atom. The van der Waals surface area contributed by atoms with Gasteiger partial charge in [0, 0.05) is 11.9 Å². The summed E-state index contributed by atoms with van der Waals surface area (Å²) in [5, 5.41) is 12.7. The largest absolute Gasteiger partial charge is 0.383 e. The van der Waals surface area contributed by atoms with E-state index >= 15 is 0 Å². The predicted molar refractivity (Wildman–Crippen MR) is 80.3 cm³/mol. The van der Waals surface area contributed by atoms with Crippen molar-refractivity contribution in [2.45, 2.75) is 19.3 Å². The van der Waals surface area contributed by atoms with Gasteiger partial charge >= 0.3 is 0 Å². The number of hydrogen-bond acceptors (Lipinski definition) is 4. The molecule has 0 fully saturated rings. The molecular formula is C14H19N3S. The zero-order chi connectivity index (χ0) is 12.6.